The summed E-state index contributed by atoms with van der Waals surface area (Å²) in [5.74, 6) is 0.558. The van der Waals surface area contributed by atoms with Gasteiger partial charge in [-0.25, -0.2) is 4.98 Å². The van der Waals surface area contributed by atoms with E-state index in [9.17, 15) is 4.79 Å². The average Bonchev–Trinajstić information content (AvgIpc) is 2.60. The van der Waals surface area contributed by atoms with Gasteiger partial charge in [-0.05, 0) is 12.5 Å². The highest BCUT2D eigenvalue weighted by Crippen LogP contribution is 2.11. The molecule has 1 N–H and O–H groups in total. The lowest BCUT2D eigenvalue weighted by Crippen LogP contribution is -2.28. The van der Waals surface area contributed by atoms with Crippen molar-refractivity contribution in [3.05, 3.63) is 24.8 Å². The van der Waals surface area contributed by atoms with Gasteiger partial charge in [0, 0.05) is 7.05 Å². The van der Waals surface area contributed by atoms with Gasteiger partial charge in [0.05, 0.1) is 6.04 Å². The Bertz CT molecular complexity index is 331. The van der Waals surface area contributed by atoms with Gasteiger partial charge in [0.25, 0.3) is 0 Å². The van der Waals surface area contributed by atoms with Crippen molar-refractivity contribution in [3.63, 3.8) is 0 Å². The molecule has 1 heterocycles. The van der Waals surface area contributed by atoms with E-state index in [2.05, 4.69) is 22.0 Å². The Labute approximate surface area is 82.8 Å². The van der Waals surface area contributed by atoms with Gasteiger partial charge in [-0.1, -0.05) is 13.5 Å². The zero-order valence-corrected chi connectivity index (χ0v) is 8.40. The van der Waals surface area contributed by atoms with E-state index in [1.165, 1.54) is 12.4 Å². The van der Waals surface area contributed by atoms with Gasteiger partial charge < -0.3 is 5.32 Å². The first-order valence-corrected chi connectivity index (χ1v) is 4.45. The molecule has 0 radical (unpaired) electrons. The van der Waals surface area contributed by atoms with Crippen LogP contribution in [0, 0.1) is 0 Å². The van der Waals surface area contributed by atoms with E-state index in [1.807, 2.05) is 6.92 Å². The maximum atomic E-state index is 11.1. The molecular formula is C9H14N4O. The third-order valence-electron chi connectivity index (χ3n) is 1.97. The molecule has 76 valence electrons. The normalized spacial score (nSPS) is 12.1. The number of hydrogen-bond acceptors (Lipinski definition) is 3. The van der Waals surface area contributed by atoms with Crippen LogP contribution >= 0.6 is 0 Å². The summed E-state index contributed by atoms with van der Waals surface area (Å²) in [5, 5.41) is 6.73. The van der Waals surface area contributed by atoms with E-state index in [4.69, 9.17) is 0 Å². The van der Waals surface area contributed by atoms with Gasteiger partial charge in [0.2, 0.25) is 5.91 Å². The van der Waals surface area contributed by atoms with Gasteiger partial charge in [0.15, 0.2) is 0 Å². The molecule has 0 fully saturated rings. The lowest BCUT2D eigenvalue weighted by molar-refractivity contribution is -0.117. The number of nitrogens with one attached hydrogen (secondary N) is 1. The van der Waals surface area contributed by atoms with Gasteiger partial charge in [-0.3, -0.25) is 9.48 Å². The molecule has 1 aromatic rings. The Hall–Kier alpha value is -1.65. The molecule has 0 saturated carbocycles. The average molecular weight is 194 g/mol. The maximum Gasteiger partial charge on any atom is 0.243 e. The van der Waals surface area contributed by atoms with Crippen LogP contribution in [0.25, 0.3) is 0 Å². The van der Waals surface area contributed by atoms with Crippen molar-refractivity contribution in [2.45, 2.75) is 19.4 Å². The van der Waals surface area contributed by atoms with E-state index in [1.54, 1.807) is 11.7 Å². The van der Waals surface area contributed by atoms with Crippen LogP contribution in [0.5, 0.6) is 0 Å². The summed E-state index contributed by atoms with van der Waals surface area (Å²) in [6, 6.07) is -0.104. The second kappa shape index (κ2) is 4.55. The van der Waals surface area contributed by atoms with Crippen molar-refractivity contribution in [1.29, 1.82) is 0 Å². The van der Waals surface area contributed by atoms with Crippen molar-refractivity contribution < 1.29 is 4.79 Å². The number of hydrogen-bond donors (Lipinski definition) is 1. The largest absolute Gasteiger partial charge is 0.343 e. The van der Waals surface area contributed by atoms with Crippen LogP contribution in [-0.4, -0.2) is 20.7 Å². The predicted octanol–water partition coefficient (Wildman–Crippen LogP) is 0.568. The summed E-state index contributed by atoms with van der Waals surface area (Å²) in [5.41, 5.74) is 0. The first-order valence-electron chi connectivity index (χ1n) is 4.45. The second-order valence-corrected chi connectivity index (χ2v) is 2.92. The molecular weight excluding hydrogens is 180 g/mol. The van der Waals surface area contributed by atoms with Crippen molar-refractivity contribution in [1.82, 2.24) is 20.1 Å². The van der Waals surface area contributed by atoms with E-state index >= 15 is 0 Å². The number of amides is 1. The second-order valence-electron chi connectivity index (χ2n) is 2.92. The van der Waals surface area contributed by atoms with Gasteiger partial charge in [-0.15, -0.1) is 0 Å². The number of nitrogens with zero attached hydrogens (tertiary/aromatic N) is 3. The molecule has 1 amide bonds. The predicted molar refractivity (Wildman–Crippen MR) is 52.4 cm³/mol. The zero-order valence-electron chi connectivity index (χ0n) is 8.40. The molecule has 0 aliphatic rings. The van der Waals surface area contributed by atoms with Crippen LogP contribution in [0.15, 0.2) is 19.0 Å². The third kappa shape index (κ3) is 2.18. The van der Waals surface area contributed by atoms with Crippen molar-refractivity contribution in [2.75, 3.05) is 0 Å². The van der Waals surface area contributed by atoms with E-state index in [0.717, 1.165) is 12.2 Å². The van der Waals surface area contributed by atoms with Crippen LogP contribution in [-0.2, 0) is 11.8 Å². The molecule has 0 saturated heterocycles. The van der Waals surface area contributed by atoms with Crippen LogP contribution in [0.1, 0.15) is 25.2 Å². The molecule has 0 bridgehead atoms. The fourth-order valence-electron chi connectivity index (χ4n) is 1.20. The zero-order chi connectivity index (χ0) is 10.6. The monoisotopic (exact) mass is 194 g/mol. The molecule has 0 unspecified atom stereocenters. The van der Waals surface area contributed by atoms with Gasteiger partial charge in [0.1, 0.15) is 12.2 Å². The quantitative estimate of drug-likeness (QED) is 0.713. The summed E-state index contributed by atoms with van der Waals surface area (Å²) in [6.07, 6.45) is 3.49. The van der Waals surface area contributed by atoms with E-state index < -0.39 is 0 Å². The highest BCUT2D eigenvalue weighted by Gasteiger charge is 2.15. The highest BCUT2D eigenvalue weighted by atomic mass is 16.1. The minimum Gasteiger partial charge on any atom is -0.343 e. The molecule has 1 rings (SSSR count). The minimum absolute atomic E-state index is 0.104. The summed E-state index contributed by atoms with van der Waals surface area (Å²) in [6.45, 7) is 5.37. The standard InChI is InChI=1S/C9H14N4O/c1-4-7(12-8(14)5-2)9-10-6-11-13(9)3/h5-7H,2,4H2,1,3H3,(H,12,14)/t7-/m1/s1. The number of rotatable bonds is 4. The molecule has 5 nitrogen and oxygen atoms in total. The van der Waals surface area contributed by atoms with Crippen molar-refractivity contribution in [2.24, 2.45) is 7.05 Å². The minimum atomic E-state index is -0.195. The summed E-state index contributed by atoms with van der Waals surface area (Å²) in [4.78, 5) is 15.2. The van der Waals surface area contributed by atoms with Crippen molar-refractivity contribution >= 4 is 5.91 Å². The first kappa shape index (κ1) is 10.4. The Balaban J connectivity index is 2.77. The van der Waals surface area contributed by atoms with E-state index in [-0.39, 0.29) is 11.9 Å². The smallest absolute Gasteiger partial charge is 0.243 e. The van der Waals surface area contributed by atoms with E-state index in [0.29, 0.717) is 0 Å². The number of aromatic nitrogens is 3. The summed E-state index contributed by atoms with van der Waals surface area (Å²) < 4.78 is 1.65. The SMILES string of the molecule is C=CC(=O)N[C@H](CC)c1ncnn1C. The van der Waals surface area contributed by atoms with Gasteiger partial charge >= 0.3 is 0 Å². The number of carbonyl (C=O) groups is 1. The molecule has 0 aliphatic carbocycles. The van der Waals surface area contributed by atoms with Crippen molar-refractivity contribution in [3.8, 4) is 0 Å². The fraction of sp³-hybridized carbons (Fsp3) is 0.444. The number of aryl methyl sites for hydroxylation is 1. The van der Waals surface area contributed by atoms with Gasteiger partial charge in [-0.2, -0.15) is 5.10 Å². The third-order valence-corrected chi connectivity index (χ3v) is 1.97. The lowest BCUT2D eigenvalue weighted by atomic mass is 10.2. The molecule has 14 heavy (non-hydrogen) atoms. The molecule has 0 aromatic carbocycles. The van der Waals surface area contributed by atoms with Crippen LogP contribution < -0.4 is 5.32 Å². The lowest BCUT2D eigenvalue weighted by Gasteiger charge is -2.14. The Morgan fingerprint density at radius 2 is 2.57 bits per heavy atom. The van der Waals surface area contributed by atoms with Crippen LogP contribution in [0.3, 0.4) is 0 Å². The van der Waals surface area contributed by atoms with Crippen LogP contribution in [0.4, 0.5) is 0 Å². The Morgan fingerprint density at radius 1 is 1.86 bits per heavy atom. The topological polar surface area (TPSA) is 59.8 Å². The Morgan fingerprint density at radius 3 is 3.00 bits per heavy atom. The number of carbonyl (C=O) groups excluding carboxylic acids is 1. The first-order chi connectivity index (χ1) is 6.69. The molecule has 0 aliphatic heterocycles. The molecule has 0 spiro atoms. The molecule has 1 aromatic heterocycles. The maximum absolute atomic E-state index is 11.1. The molecule has 5 heteroatoms. The Kier molecular flexibility index (Phi) is 3.39. The summed E-state index contributed by atoms with van der Waals surface area (Å²) in [7, 11) is 1.80. The highest BCUT2D eigenvalue weighted by molar-refractivity contribution is 5.87. The summed E-state index contributed by atoms with van der Waals surface area (Å²) >= 11 is 0. The molecule has 1 atom stereocenters. The van der Waals surface area contributed by atoms with Crippen LogP contribution in [0.2, 0.25) is 0 Å². The fourth-order valence-corrected chi connectivity index (χ4v) is 1.20.